The summed E-state index contributed by atoms with van der Waals surface area (Å²) in [4.78, 5) is 25.5. The normalized spacial score (nSPS) is 12.7. The minimum atomic E-state index is -0.615. The number of nitrogens with zero attached hydrogens (tertiary/aromatic N) is 3. The molecule has 0 unspecified atom stereocenters. The van der Waals surface area contributed by atoms with E-state index in [0.717, 1.165) is 10.2 Å². The summed E-state index contributed by atoms with van der Waals surface area (Å²) in [6.07, 6.45) is 3.21. The maximum absolute atomic E-state index is 14.6. The molecule has 5 rings (SSSR count). The molecule has 35 heavy (non-hydrogen) atoms. The molecule has 0 fully saturated rings. The fourth-order valence-corrected chi connectivity index (χ4v) is 4.78. The topological polar surface area (TPSA) is 125 Å². The van der Waals surface area contributed by atoms with E-state index in [4.69, 9.17) is 0 Å². The summed E-state index contributed by atoms with van der Waals surface area (Å²) in [5, 5.41) is 27.1. The van der Waals surface area contributed by atoms with Gasteiger partial charge in [0.25, 0.3) is 11.5 Å². The molecule has 1 amide bonds. The molecule has 0 bridgehead atoms. The number of aliphatic hydroxyl groups excluding tert-OH is 1. The lowest BCUT2D eigenvalue weighted by Crippen LogP contribution is -2.23. The molecule has 3 aromatic heterocycles. The Hall–Kier alpha value is -4.25. The third-order valence-corrected chi connectivity index (χ3v) is 6.83. The van der Waals surface area contributed by atoms with Crippen LogP contribution in [-0.2, 0) is 7.05 Å². The SMILES string of the molecule is Cc1cc(Nc2cc(-c3ccc(F)c(NC(=O)c4cc5c(s4)=CCCC=5O)c3)n[nH]c2=O)nn1C. The zero-order chi connectivity index (χ0) is 24.7. The average molecular weight is 493 g/mol. The van der Waals surface area contributed by atoms with E-state index in [2.05, 4.69) is 25.9 Å². The first-order valence-electron chi connectivity index (χ1n) is 10.8. The van der Waals surface area contributed by atoms with Gasteiger partial charge in [0.05, 0.1) is 16.3 Å². The van der Waals surface area contributed by atoms with Crippen LogP contribution in [-0.4, -0.2) is 31.0 Å². The Balaban J connectivity index is 1.43. The van der Waals surface area contributed by atoms with Crippen molar-refractivity contribution in [2.24, 2.45) is 7.05 Å². The van der Waals surface area contributed by atoms with E-state index >= 15 is 0 Å². The number of thiophene rings is 1. The van der Waals surface area contributed by atoms with Crippen LogP contribution in [0, 0.1) is 12.7 Å². The highest BCUT2D eigenvalue weighted by molar-refractivity contribution is 7.12. The number of nitrogens with one attached hydrogen (secondary N) is 3. The lowest BCUT2D eigenvalue weighted by molar-refractivity contribution is 0.103. The molecule has 1 aliphatic rings. The molecule has 9 nitrogen and oxygen atoms in total. The van der Waals surface area contributed by atoms with Crippen LogP contribution < -0.4 is 25.9 Å². The number of amides is 1. The van der Waals surface area contributed by atoms with Gasteiger partial charge >= 0.3 is 0 Å². The molecular formula is C24H21FN6O3S. The number of hydrogen-bond donors (Lipinski definition) is 4. The van der Waals surface area contributed by atoms with Gasteiger partial charge in [-0.05, 0) is 43.7 Å². The van der Waals surface area contributed by atoms with E-state index in [1.165, 1.54) is 35.6 Å². The molecule has 11 heteroatoms. The van der Waals surface area contributed by atoms with Crippen molar-refractivity contribution in [3.8, 4) is 11.3 Å². The van der Waals surface area contributed by atoms with Gasteiger partial charge in [-0.3, -0.25) is 14.3 Å². The second kappa shape index (κ2) is 8.84. The zero-order valence-corrected chi connectivity index (χ0v) is 19.7. The van der Waals surface area contributed by atoms with Crippen molar-refractivity contribution < 1.29 is 14.3 Å². The van der Waals surface area contributed by atoms with Gasteiger partial charge in [0.15, 0.2) is 5.82 Å². The molecule has 0 radical (unpaired) electrons. The third kappa shape index (κ3) is 4.45. The van der Waals surface area contributed by atoms with E-state index in [9.17, 15) is 19.1 Å². The van der Waals surface area contributed by atoms with Crippen molar-refractivity contribution in [3.05, 3.63) is 72.9 Å². The van der Waals surface area contributed by atoms with E-state index in [1.54, 1.807) is 23.9 Å². The summed E-state index contributed by atoms with van der Waals surface area (Å²) < 4.78 is 17.1. The third-order valence-electron chi connectivity index (χ3n) is 5.70. The van der Waals surface area contributed by atoms with Gasteiger partial charge in [0.1, 0.15) is 17.3 Å². The average Bonchev–Trinajstić information content (AvgIpc) is 3.40. The lowest BCUT2D eigenvalue weighted by atomic mass is 10.1. The quantitative estimate of drug-likeness (QED) is 0.340. The number of aliphatic hydroxyl groups is 1. The van der Waals surface area contributed by atoms with E-state index < -0.39 is 17.3 Å². The number of fused-ring (bicyclic) bond motifs is 1. The first-order valence-corrected chi connectivity index (χ1v) is 11.6. The van der Waals surface area contributed by atoms with Crippen LogP contribution in [0.25, 0.3) is 23.1 Å². The van der Waals surface area contributed by atoms with E-state index in [-0.39, 0.29) is 17.1 Å². The second-order valence-corrected chi connectivity index (χ2v) is 9.23. The number of rotatable bonds is 5. The maximum Gasteiger partial charge on any atom is 0.287 e. The summed E-state index contributed by atoms with van der Waals surface area (Å²) in [7, 11) is 1.79. The fourth-order valence-electron chi connectivity index (χ4n) is 3.74. The first-order chi connectivity index (χ1) is 16.8. The van der Waals surface area contributed by atoms with Gasteiger partial charge < -0.3 is 15.7 Å². The van der Waals surface area contributed by atoms with Crippen molar-refractivity contribution in [3.63, 3.8) is 0 Å². The Morgan fingerprint density at radius 1 is 1.23 bits per heavy atom. The van der Waals surface area contributed by atoms with Crippen LogP contribution in [0.15, 0.2) is 41.2 Å². The lowest BCUT2D eigenvalue weighted by Gasteiger charge is -2.09. The number of H-pyrrole nitrogens is 1. The second-order valence-electron chi connectivity index (χ2n) is 8.14. The van der Waals surface area contributed by atoms with Gasteiger partial charge in [0, 0.05) is 40.5 Å². The molecule has 1 aliphatic carbocycles. The summed E-state index contributed by atoms with van der Waals surface area (Å²) in [6, 6.07) is 9.12. The molecule has 1 aromatic carbocycles. The van der Waals surface area contributed by atoms with Crippen molar-refractivity contribution in [1.29, 1.82) is 0 Å². The van der Waals surface area contributed by atoms with Gasteiger partial charge in [0.2, 0.25) is 0 Å². The molecule has 0 aliphatic heterocycles. The molecule has 3 heterocycles. The fraction of sp³-hybridized carbons (Fsp3) is 0.167. The molecule has 0 spiro atoms. The molecule has 0 saturated carbocycles. The van der Waals surface area contributed by atoms with Crippen molar-refractivity contribution in [2.45, 2.75) is 19.8 Å². The number of hydrogen-bond acceptors (Lipinski definition) is 7. The minimum absolute atomic E-state index is 0.0288. The minimum Gasteiger partial charge on any atom is -0.512 e. The Kier molecular flexibility index (Phi) is 5.69. The predicted octanol–water partition coefficient (Wildman–Crippen LogP) is 2.92. The summed E-state index contributed by atoms with van der Waals surface area (Å²) >= 11 is 1.24. The number of aromatic nitrogens is 4. The number of carbonyl (C=O) groups excluding carboxylic acids is 1. The number of anilines is 3. The van der Waals surface area contributed by atoms with Crippen LogP contribution in [0.5, 0.6) is 0 Å². The molecule has 0 saturated heterocycles. The van der Waals surface area contributed by atoms with Crippen molar-refractivity contribution >= 4 is 46.3 Å². The van der Waals surface area contributed by atoms with E-state index in [0.29, 0.717) is 40.0 Å². The maximum atomic E-state index is 14.6. The van der Waals surface area contributed by atoms with Crippen molar-refractivity contribution in [1.82, 2.24) is 20.0 Å². The van der Waals surface area contributed by atoms with Gasteiger partial charge in [-0.2, -0.15) is 10.2 Å². The highest BCUT2D eigenvalue weighted by Crippen LogP contribution is 2.25. The summed E-state index contributed by atoms with van der Waals surface area (Å²) in [6.45, 7) is 1.89. The molecule has 178 valence electrons. The van der Waals surface area contributed by atoms with Crippen LogP contribution in [0.4, 0.5) is 21.6 Å². The first kappa shape index (κ1) is 22.5. The number of halogens is 1. The Labute approximate surface area is 202 Å². The van der Waals surface area contributed by atoms with Gasteiger partial charge in [-0.15, -0.1) is 11.3 Å². The van der Waals surface area contributed by atoms with Crippen LogP contribution in [0.1, 0.15) is 28.2 Å². The zero-order valence-electron chi connectivity index (χ0n) is 18.8. The van der Waals surface area contributed by atoms with Gasteiger partial charge in [-0.1, -0.05) is 6.08 Å². The number of benzene rings is 1. The van der Waals surface area contributed by atoms with Crippen LogP contribution in [0.3, 0.4) is 0 Å². The Morgan fingerprint density at radius 3 is 2.80 bits per heavy atom. The molecule has 4 aromatic rings. The van der Waals surface area contributed by atoms with Crippen LogP contribution >= 0.6 is 11.3 Å². The smallest absolute Gasteiger partial charge is 0.287 e. The molecule has 4 N–H and O–H groups in total. The Bertz CT molecular complexity index is 1630. The van der Waals surface area contributed by atoms with Crippen LogP contribution in [0.2, 0.25) is 0 Å². The summed E-state index contributed by atoms with van der Waals surface area (Å²) in [5.74, 6) is -0.348. The number of carbonyl (C=O) groups is 1. The monoisotopic (exact) mass is 492 g/mol. The largest absolute Gasteiger partial charge is 0.512 e. The number of aromatic amines is 1. The standard InChI is InChI=1S/C24H21FN6O3S/c1-12-8-22(30-31(12)2)26-18-11-16(28-29-23(18)33)13-6-7-15(25)17(9-13)27-24(34)21-10-14-19(32)4-3-5-20(14)35-21/h5-11,32H,3-4H2,1-2H3,(H,27,34)(H,29,33)(H,26,28,30). The number of aryl methyl sites for hydroxylation is 2. The Morgan fingerprint density at radius 2 is 2.06 bits per heavy atom. The van der Waals surface area contributed by atoms with E-state index in [1.807, 2.05) is 13.0 Å². The molecule has 0 atom stereocenters. The highest BCUT2D eigenvalue weighted by atomic mass is 32.1. The molecular weight excluding hydrogens is 471 g/mol. The van der Waals surface area contributed by atoms with Crippen molar-refractivity contribution in [2.75, 3.05) is 10.6 Å². The predicted molar refractivity (Wildman–Crippen MR) is 133 cm³/mol. The summed E-state index contributed by atoms with van der Waals surface area (Å²) in [5.41, 5.74) is 1.53. The highest BCUT2D eigenvalue weighted by Gasteiger charge is 2.16. The van der Waals surface area contributed by atoms with Gasteiger partial charge in [-0.25, -0.2) is 9.49 Å².